The van der Waals surface area contributed by atoms with Crippen LogP contribution in [-0.4, -0.2) is 21.3 Å². The van der Waals surface area contributed by atoms with Gasteiger partial charge in [-0.2, -0.15) is 0 Å². The molecule has 0 aliphatic heterocycles. The van der Waals surface area contributed by atoms with Crippen LogP contribution in [0, 0.1) is 5.92 Å². The largest absolute Gasteiger partial charge is 0.493 e. The van der Waals surface area contributed by atoms with Crippen LogP contribution in [0.3, 0.4) is 0 Å². The molecule has 1 N–H and O–H groups in total. The Labute approximate surface area is 108 Å². The van der Waals surface area contributed by atoms with Crippen molar-refractivity contribution in [1.29, 1.82) is 0 Å². The normalized spacial score (nSPS) is 12.6. The Hall–Kier alpha value is -0.930. The van der Waals surface area contributed by atoms with Crippen molar-refractivity contribution in [2.75, 3.05) is 21.3 Å². The third-order valence-electron chi connectivity index (χ3n) is 2.82. The summed E-state index contributed by atoms with van der Waals surface area (Å²) < 4.78 is 10.5. The molecule has 0 aromatic heterocycles. The van der Waals surface area contributed by atoms with Crippen molar-refractivity contribution in [2.24, 2.45) is 5.92 Å². The van der Waals surface area contributed by atoms with Crippen LogP contribution >= 0.6 is 11.6 Å². The lowest BCUT2D eigenvalue weighted by atomic mass is 9.96. The fourth-order valence-electron chi connectivity index (χ4n) is 1.96. The minimum Gasteiger partial charge on any atom is -0.493 e. The number of halogens is 1. The van der Waals surface area contributed by atoms with Gasteiger partial charge in [-0.05, 0) is 24.6 Å². The highest BCUT2D eigenvalue weighted by atomic mass is 35.5. The Kier molecular flexibility index (Phi) is 5.09. The van der Waals surface area contributed by atoms with Gasteiger partial charge in [0.15, 0.2) is 11.5 Å². The summed E-state index contributed by atoms with van der Waals surface area (Å²) in [6.45, 7) is 4.29. The van der Waals surface area contributed by atoms with E-state index in [9.17, 15) is 0 Å². The van der Waals surface area contributed by atoms with E-state index >= 15 is 0 Å². The molecule has 0 heterocycles. The van der Waals surface area contributed by atoms with Gasteiger partial charge in [0.25, 0.3) is 0 Å². The lowest BCUT2D eigenvalue weighted by Gasteiger charge is -2.23. The first-order valence-electron chi connectivity index (χ1n) is 5.63. The van der Waals surface area contributed by atoms with Gasteiger partial charge in [0.2, 0.25) is 0 Å². The van der Waals surface area contributed by atoms with Crippen molar-refractivity contribution in [3.63, 3.8) is 0 Å². The molecular weight excluding hydrogens is 238 g/mol. The molecule has 1 aromatic rings. The Morgan fingerprint density at radius 3 is 2.06 bits per heavy atom. The van der Waals surface area contributed by atoms with Crippen LogP contribution < -0.4 is 14.8 Å². The minimum atomic E-state index is 0.197. The summed E-state index contributed by atoms with van der Waals surface area (Å²) in [5, 5.41) is 3.96. The molecule has 96 valence electrons. The number of benzene rings is 1. The van der Waals surface area contributed by atoms with Crippen LogP contribution in [0.2, 0.25) is 5.02 Å². The summed E-state index contributed by atoms with van der Waals surface area (Å²) in [5.41, 5.74) is 1.03. The van der Waals surface area contributed by atoms with Crippen molar-refractivity contribution < 1.29 is 9.47 Å². The number of ether oxygens (including phenoxy) is 2. The Morgan fingerprint density at radius 1 is 1.12 bits per heavy atom. The monoisotopic (exact) mass is 257 g/mol. The van der Waals surface area contributed by atoms with E-state index in [4.69, 9.17) is 21.1 Å². The summed E-state index contributed by atoms with van der Waals surface area (Å²) >= 11 is 6.28. The van der Waals surface area contributed by atoms with Crippen LogP contribution in [0.25, 0.3) is 0 Å². The highest BCUT2D eigenvalue weighted by molar-refractivity contribution is 6.31. The molecule has 0 radical (unpaired) electrons. The first-order chi connectivity index (χ1) is 8.04. The van der Waals surface area contributed by atoms with Gasteiger partial charge in [-0.3, -0.25) is 0 Å². The maximum atomic E-state index is 6.28. The minimum absolute atomic E-state index is 0.197. The zero-order chi connectivity index (χ0) is 13.0. The van der Waals surface area contributed by atoms with Crippen molar-refractivity contribution in [2.45, 2.75) is 19.9 Å². The van der Waals surface area contributed by atoms with Gasteiger partial charge in [-0.1, -0.05) is 25.4 Å². The first kappa shape index (κ1) is 14.1. The molecule has 0 bridgehead atoms. The molecule has 1 aromatic carbocycles. The molecule has 0 aliphatic carbocycles. The van der Waals surface area contributed by atoms with Gasteiger partial charge in [0, 0.05) is 17.1 Å². The van der Waals surface area contributed by atoms with E-state index in [-0.39, 0.29) is 6.04 Å². The average molecular weight is 258 g/mol. The molecule has 1 atom stereocenters. The van der Waals surface area contributed by atoms with Gasteiger partial charge in [-0.25, -0.2) is 0 Å². The van der Waals surface area contributed by atoms with Crippen LogP contribution in [0.1, 0.15) is 25.5 Å². The summed E-state index contributed by atoms with van der Waals surface area (Å²) in [5.74, 6) is 1.79. The van der Waals surface area contributed by atoms with E-state index in [0.717, 1.165) is 5.56 Å². The van der Waals surface area contributed by atoms with Gasteiger partial charge >= 0.3 is 0 Å². The Morgan fingerprint density at radius 2 is 1.65 bits per heavy atom. The molecule has 3 nitrogen and oxygen atoms in total. The standard InChI is InChI=1S/C13H20ClNO2/c1-8(2)13(15-3)9-6-11(16-4)12(17-5)7-10(9)14/h6-8,13,15H,1-5H3. The Balaban J connectivity index is 3.24. The van der Waals surface area contributed by atoms with Crippen LogP contribution in [0.5, 0.6) is 11.5 Å². The smallest absolute Gasteiger partial charge is 0.162 e. The summed E-state index contributed by atoms with van der Waals surface area (Å²) in [7, 11) is 5.16. The van der Waals surface area contributed by atoms with E-state index in [1.54, 1.807) is 20.3 Å². The quantitative estimate of drug-likeness (QED) is 0.878. The molecule has 0 saturated heterocycles. The van der Waals surface area contributed by atoms with Crippen molar-refractivity contribution >= 4 is 11.6 Å². The van der Waals surface area contributed by atoms with E-state index in [1.807, 2.05) is 13.1 Å². The second kappa shape index (κ2) is 6.12. The number of rotatable bonds is 5. The average Bonchev–Trinajstić information content (AvgIpc) is 2.31. The van der Waals surface area contributed by atoms with Crippen molar-refractivity contribution in [1.82, 2.24) is 5.32 Å². The topological polar surface area (TPSA) is 30.5 Å². The lowest BCUT2D eigenvalue weighted by molar-refractivity contribution is 0.352. The maximum absolute atomic E-state index is 6.28. The lowest BCUT2D eigenvalue weighted by Crippen LogP contribution is -2.22. The Bertz CT molecular complexity index is 380. The maximum Gasteiger partial charge on any atom is 0.162 e. The molecule has 0 fully saturated rings. The van der Waals surface area contributed by atoms with Gasteiger partial charge in [-0.15, -0.1) is 0 Å². The molecular formula is C13H20ClNO2. The first-order valence-corrected chi connectivity index (χ1v) is 6.01. The molecule has 1 rings (SSSR count). The highest BCUT2D eigenvalue weighted by Crippen LogP contribution is 2.37. The highest BCUT2D eigenvalue weighted by Gasteiger charge is 2.19. The number of hydrogen-bond acceptors (Lipinski definition) is 3. The zero-order valence-electron chi connectivity index (χ0n) is 11.0. The predicted molar refractivity (Wildman–Crippen MR) is 71.2 cm³/mol. The second-order valence-electron chi connectivity index (χ2n) is 4.24. The van der Waals surface area contributed by atoms with E-state index in [0.29, 0.717) is 22.4 Å². The molecule has 0 spiro atoms. The molecule has 0 aliphatic rings. The summed E-state index contributed by atoms with van der Waals surface area (Å²) in [4.78, 5) is 0. The van der Waals surface area contributed by atoms with Gasteiger partial charge < -0.3 is 14.8 Å². The number of methoxy groups -OCH3 is 2. The van der Waals surface area contributed by atoms with Gasteiger partial charge in [0.1, 0.15) is 0 Å². The molecule has 4 heteroatoms. The third kappa shape index (κ3) is 3.05. The fourth-order valence-corrected chi connectivity index (χ4v) is 2.23. The van der Waals surface area contributed by atoms with Crippen LogP contribution in [-0.2, 0) is 0 Å². The van der Waals surface area contributed by atoms with Gasteiger partial charge in [0.05, 0.1) is 14.2 Å². The summed E-state index contributed by atoms with van der Waals surface area (Å²) in [6.07, 6.45) is 0. The number of nitrogens with one attached hydrogen (secondary N) is 1. The summed E-state index contributed by atoms with van der Waals surface area (Å²) in [6, 6.07) is 3.92. The van der Waals surface area contributed by atoms with Crippen LogP contribution in [0.4, 0.5) is 0 Å². The molecule has 0 amide bonds. The molecule has 17 heavy (non-hydrogen) atoms. The van der Waals surface area contributed by atoms with E-state index in [1.165, 1.54) is 0 Å². The predicted octanol–water partition coefficient (Wildman–Crippen LogP) is 3.27. The number of hydrogen-bond donors (Lipinski definition) is 1. The van der Waals surface area contributed by atoms with Crippen LogP contribution in [0.15, 0.2) is 12.1 Å². The zero-order valence-corrected chi connectivity index (χ0v) is 11.8. The second-order valence-corrected chi connectivity index (χ2v) is 4.65. The third-order valence-corrected chi connectivity index (χ3v) is 3.14. The van der Waals surface area contributed by atoms with E-state index < -0.39 is 0 Å². The molecule has 0 saturated carbocycles. The van der Waals surface area contributed by atoms with E-state index in [2.05, 4.69) is 19.2 Å². The van der Waals surface area contributed by atoms with Crippen molar-refractivity contribution in [3.05, 3.63) is 22.7 Å². The fraction of sp³-hybridized carbons (Fsp3) is 0.538. The van der Waals surface area contributed by atoms with Crippen molar-refractivity contribution in [3.8, 4) is 11.5 Å². The molecule has 1 unspecified atom stereocenters. The SMILES string of the molecule is CNC(c1cc(OC)c(OC)cc1Cl)C(C)C.